The molecule has 0 heterocycles. The maximum atomic E-state index is 11.2. The molecule has 0 fully saturated rings. The van der Waals surface area contributed by atoms with Gasteiger partial charge in [-0.2, -0.15) is 0 Å². The maximum absolute atomic E-state index is 11.2. The first-order chi connectivity index (χ1) is 9.76. The summed E-state index contributed by atoms with van der Waals surface area (Å²) in [5.41, 5.74) is 0.921. The van der Waals surface area contributed by atoms with E-state index in [9.17, 15) is 4.79 Å². The van der Waals surface area contributed by atoms with E-state index in [1.54, 1.807) is 0 Å². The Morgan fingerprint density at radius 2 is 1.65 bits per heavy atom. The lowest BCUT2D eigenvalue weighted by molar-refractivity contribution is -0.106. The number of rotatable bonds is 5. The van der Waals surface area contributed by atoms with Crippen LogP contribution in [0.25, 0.3) is 0 Å². The first-order valence-electron chi connectivity index (χ1n) is 7.16. The van der Waals surface area contributed by atoms with Gasteiger partial charge in [0.2, 0.25) is 6.29 Å². The second kappa shape index (κ2) is 15.5. The Kier molecular flexibility index (Phi) is 16.1. The normalized spacial score (nSPS) is 10.1. The largest absolute Gasteiger partial charge is 0.510 e. The molecule has 4 heteroatoms. The van der Waals surface area contributed by atoms with Crippen LogP contribution in [0, 0.1) is 0 Å². The van der Waals surface area contributed by atoms with E-state index in [2.05, 4.69) is 0 Å². The molecule has 0 radical (unpaired) electrons. The van der Waals surface area contributed by atoms with Crippen molar-refractivity contribution in [2.75, 3.05) is 7.11 Å². The lowest BCUT2D eigenvalue weighted by atomic mass is 10.2. The number of ether oxygens (including phenoxy) is 3. The average molecular weight is 284 g/mol. The Morgan fingerprint density at radius 3 is 2.10 bits per heavy atom. The third-order valence-electron chi connectivity index (χ3n) is 2.02. The van der Waals surface area contributed by atoms with E-state index < -0.39 is 12.4 Å². The fraction of sp³-hybridized carbons (Fsp3) is 0.562. The zero-order chi connectivity index (χ0) is 15.8. The highest BCUT2D eigenvalue weighted by molar-refractivity contribution is 5.60. The molecule has 116 valence electrons. The van der Waals surface area contributed by atoms with Gasteiger partial charge in [-0.05, 0) is 5.56 Å². The van der Waals surface area contributed by atoms with Crippen LogP contribution < -0.4 is 0 Å². The quantitative estimate of drug-likeness (QED) is 0.577. The summed E-state index contributed by atoms with van der Waals surface area (Å²) in [5.74, 6) is 0. The van der Waals surface area contributed by atoms with Crippen LogP contribution >= 0.6 is 0 Å². The van der Waals surface area contributed by atoms with Gasteiger partial charge in [-0.3, -0.25) is 0 Å². The van der Waals surface area contributed by atoms with Crippen LogP contribution in [-0.4, -0.2) is 19.6 Å². The molecule has 0 bridgehead atoms. The molecule has 1 aromatic rings. The minimum atomic E-state index is -0.711. The Labute approximate surface area is 123 Å². The predicted octanol–water partition coefficient (Wildman–Crippen LogP) is 4.77. The summed E-state index contributed by atoms with van der Waals surface area (Å²) < 4.78 is 14.7. The van der Waals surface area contributed by atoms with Gasteiger partial charge in [-0.15, -0.1) is 0 Å². The molecule has 0 aliphatic rings. The molecule has 0 aliphatic carbocycles. The molecule has 20 heavy (non-hydrogen) atoms. The van der Waals surface area contributed by atoms with Gasteiger partial charge in [0.1, 0.15) is 6.61 Å². The van der Waals surface area contributed by atoms with Crippen molar-refractivity contribution in [3.63, 3.8) is 0 Å². The monoisotopic (exact) mass is 284 g/mol. The van der Waals surface area contributed by atoms with E-state index >= 15 is 0 Å². The zero-order valence-corrected chi connectivity index (χ0v) is 13.5. The molecule has 0 saturated heterocycles. The first-order valence-corrected chi connectivity index (χ1v) is 7.16. The maximum Gasteiger partial charge on any atom is 0.510 e. The van der Waals surface area contributed by atoms with Crippen LogP contribution in [-0.2, 0) is 20.8 Å². The second-order valence-corrected chi connectivity index (χ2v) is 3.22. The van der Waals surface area contributed by atoms with E-state index in [1.165, 1.54) is 7.11 Å². The van der Waals surface area contributed by atoms with Crippen LogP contribution in [0.3, 0.4) is 0 Å². The molecule has 0 amide bonds. The van der Waals surface area contributed by atoms with Crippen molar-refractivity contribution in [1.29, 1.82) is 0 Å². The van der Waals surface area contributed by atoms with Gasteiger partial charge < -0.3 is 14.2 Å². The molecule has 4 nitrogen and oxygen atoms in total. The molecule has 0 aromatic heterocycles. The first kappa shape index (κ1) is 20.8. The van der Waals surface area contributed by atoms with E-state index in [-0.39, 0.29) is 6.61 Å². The number of carbonyl (C=O) groups is 1. The summed E-state index contributed by atoms with van der Waals surface area (Å²) in [4.78, 5) is 11.2. The third kappa shape index (κ3) is 10.4. The topological polar surface area (TPSA) is 44.8 Å². The number of benzene rings is 1. The molecule has 1 aromatic carbocycles. The Hall–Kier alpha value is -1.55. The van der Waals surface area contributed by atoms with Crippen LogP contribution in [0.1, 0.15) is 46.6 Å². The highest BCUT2D eigenvalue weighted by atomic mass is 16.8. The van der Waals surface area contributed by atoms with Crippen LogP contribution in [0.15, 0.2) is 30.3 Å². The average Bonchev–Trinajstić information content (AvgIpc) is 2.55. The third-order valence-corrected chi connectivity index (χ3v) is 2.02. The molecular formula is C16H28O4. The van der Waals surface area contributed by atoms with Gasteiger partial charge in [0.05, 0.1) is 0 Å². The Morgan fingerprint density at radius 1 is 1.10 bits per heavy atom. The molecule has 0 aliphatic heterocycles. The van der Waals surface area contributed by atoms with Crippen molar-refractivity contribution in [2.24, 2.45) is 0 Å². The lowest BCUT2D eigenvalue weighted by Crippen LogP contribution is -2.19. The van der Waals surface area contributed by atoms with Gasteiger partial charge in [-0.25, -0.2) is 4.79 Å². The van der Waals surface area contributed by atoms with E-state index in [1.807, 2.05) is 65.0 Å². The number of carbonyl (C=O) groups excluding carboxylic acids is 1. The number of hydrogen-bond donors (Lipinski definition) is 0. The van der Waals surface area contributed by atoms with Crippen molar-refractivity contribution in [2.45, 2.75) is 53.9 Å². The minimum Gasteiger partial charge on any atom is -0.429 e. The van der Waals surface area contributed by atoms with Crippen molar-refractivity contribution in [3.05, 3.63) is 35.9 Å². The number of hydrogen-bond acceptors (Lipinski definition) is 4. The van der Waals surface area contributed by atoms with Crippen molar-refractivity contribution in [3.8, 4) is 0 Å². The lowest BCUT2D eigenvalue weighted by Gasteiger charge is -2.13. The van der Waals surface area contributed by atoms with E-state index in [0.29, 0.717) is 6.42 Å². The summed E-state index contributed by atoms with van der Waals surface area (Å²) in [5, 5.41) is 0. The standard InChI is InChI=1S/C12H16O4.2C2H6/c1-3-11(14-2)16-12(13)15-9-10-7-5-4-6-8-10;2*1-2/h4-8,11H,3,9H2,1-2H3;2*1-2H3. The van der Waals surface area contributed by atoms with Crippen LogP contribution in [0.2, 0.25) is 0 Å². The number of methoxy groups -OCH3 is 1. The van der Waals surface area contributed by atoms with E-state index in [4.69, 9.17) is 14.2 Å². The fourth-order valence-electron chi connectivity index (χ4n) is 1.16. The SMILES string of the molecule is CC.CC.CCC(OC)OC(=O)OCc1ccccc1. The fourth-order valence-corrected chi connectivity index (χ4v) is 1.16. The van der Waals surface area contributed by atoms with Crippen LogP contribution in [0.5, 0.6) is 0 Å². The van der Waals surface area contributed by atoms with Gasteiger partial charge >= 0.3 is 6.16 Å². The molecule has 0 spiro atoms. The van der Waals surface area contributed by atoms with Gasteiger partial charge in [0, 0.05) is 13.5 Å². The van der Waals surface area contributed by atoms with Gasteiger partial charge in [0.15, 0.2) is 0 Å². The summed E-state index contributed by atoms with van der Waals surface area (Å²) in [6.45, 7) is 10.1. The smallest absolute Gasteiger partial charge is 0.429 e. The Bertz CT molecular complexity index is 308. The van der Waals surface area contributed by atoms with Crippen molar-refractivity contribution >= 4 is 6.16 Å². The van der Waals surface area contributed by atoms with Crippen molar-refractivity contribution < 1.29 is 19.0 Å². The van der Waals surface area contributed by atoms with Crippen LogP contribution in [0.4, 0.5) is 4.79 Å². The molecule has 0 saturated carbocycles. The summed E-state index contributed by atoms with van der Waals surface area (Å²) >= 11 is 0. The molecular weight excluding hydrogens is 256 g/mol. The van der Waals surface area contributed by atoms with Gasteiger partial charge in [-0.1, -0.05) is 65.0 Å². The van der Waals surface area contributed by atoms with Crippen molar-refractivity contribution in [1.82, 2.24) is 0 Å². The zero-order valence-electron chi connectivity index (χ0n) is 13.5. The van der Waals surface area contributed by atoms with E-state index in [0.717, 1.165) is 5.56 Å². The minimum absolute atomic E-state index is 0.208. The summed E-state index contributed by atoms with van der Waals surface area (Å²) in [6.07, 6.45) is -0.655. The molecule has 1 unspecified atom stereocenters. The Balaban J connectivity index is 0. The predicted molar refractivity (Wildman–Crippen MR) is 81.5 cm³/mol. The molecule has 0 N–H and O–H groups in total. The second-order valence-electron chi connectivity index (χ2n) is 3.22. The highest BCUT2D eigenvalue weighted by Crippen LogP contribution is 2.04. The summed E-state index contributed by atoms with van der Waals surface area (Å²) in [7, 11) is 1.48. The highest BCUT2D eigenvalue weighted by Gasteiger charge is 2.12. The molecule has 1 atom stereocenters. The summed E-state index contributed by atoms with van der Waals surface area (Å²) in [6, 6.07) is 9.42. The molecule has 1 rings (SSSR count). The van der Waals surface area contributed by atoms with Gasteiger partial charge in [0.25, 0.3) is 0 Å².